The minimum atomic E-state index is -5.19. The Kier molecular flexibility index (Phi) is 8.44. The van der Waals surface area contributed by atoms with Gasteiger partial charge < -0.3 is 30.1 Å². The van der Waals surface area contributed by atoms with Crippen molar-refractivity contribution < 1.29 is 46.1 Å². The van der Waals surface area contributed by atoms with Crippen molar-refractivity contribution in [1.82, 2.24) is 15.3 Å². The van der Waals surface area contributed by atoms with Gasteiger partial charge in [0.15, 0.2) is 0 Å². The maximum absolute atomic E-state index is 10.5. The zero-order valence-corrected chi connectivity index (χ0v) is 15.7. The lowest BCUT2D eigenvalue weighted by Gasteiger charge is -2.04. The molecule has 1 unspecified atom stereocenters. The molecule has 1 atom stereocenters. The Bertz CT molecular complexity index is 823. The summed E-state index contributed by atoms with van der Waals surface area (Å²) in [6.45, 7) is 1.10. The van der Waals surface area contributed by atoms with Gasteiger partial charge in [0.1, 0.15) is 17.8 Å². The summed E-state index contributed by atoms with van der Waals surface area (Å²) in [6.07, 6.45) is -7.97. The SMILES string of the molecule is Brc1ccc2nc(C3CCCN3)[nH]c2c1.O=C([O-])C(F)(F)F.O=C([O-])C(F)(F)F. The number of benzene rings is 1. The summed E-state index contributed by atoms with van der Waals surface area (Å²) in [7, 11) is 0. The summed E-state index contributed by atoms with van der Waals surface area (Å²) < 4.78 is 64.2. The summed E-state index contributed by atoms with van der Waals surface area (Å²) in [5, 5.41) is 21.0. The number of halogens is 7. The number of fused-ring (bicyclic) bond motifs is 1. The Morgan fingerprint density at radius 3 is 2.00 bits per heavy atom. The van der Waals surface area contributed by atoms with E-state index in [9.17, 15) is 26.3 Å². The molecule has 2 N–H and O–H groups in total. The third-order valence-electron chi connectivity index (χ3n) is 3.32. The molecule has 1 aromatic heterocycles. The number of aliphatic carboxylic acids is 2. The normalized spacial score (nSPS) is 16.4. The first-order valence-corrected chi connectivity index (χ1v) is 8.46. The Labute approximate surface area is 167 Å². The smallest absolute Gasteiger partial charge is 0.430 e. The molecule has 1 aliphatic heterocycles. The molecular formula is C15H12BrF6N3O4-2. The van der Waals surface area contributed by atoms with E-state index >= 15 is 0 Å². The number of carbonyl (C=O) groups excluding carboxylic acids is 2. The van der Waals surface area contributed by atoms with E-state index in [-0.39, 0.29) is 0 Å². The number of alkyl halides is 6. The number of hydrogen-bond acceptors (Lipinski definition) is 6. The van der Waals surface area contributed by atoms with Crippen LogP contribution < -0.4 is 15.5 Å². The van der Waals surface area contributed by atoms with Crippen molar-refractivity contribution in [2.24, 2.45) is 0 Å². The number of rotatable bonds is 1. The number of nitrogens with zero attached hydrogens (tertiary/aromatic N) is 1. The zero-order chi connectivity index (χ0) is 22.4. The Hall–Kier alpha value is -2.35. The molecule has 14 heteroatoms. The van der Waals surface area contributed by atoms with Crippen LogP contribution in [0.1, 0.15) is 24.7 Å². The lowest BCUT2D eigenvalue weighted by molar-refractivity contribution is -0.344. The molecule has 2 aromatic rings. The third kappa shape index (κ3) is 8.27. The molecule has 0 aliphatic carbocycles. The molecule has 29 heavy (non-hydrogen) atoms. The van der Waals surface area contributed by atoms with Crippen LogP contribution in [-0.2, 0) is 9.59 Å². The number of nitrogens with one attached hydrogen (secondary N) is 2. The van der Waals surface area contributed by atoms with Crippen molar-refractivity contribution in [3.63, 3.8) is 0 Å². The van der Waals surface area contributed by atoms with Gasteiger partial charge >= 0.3 is 12.4 Å². The molecule has 0 saturated carbocycles. The van der Waals surface area contributed by atoms with Crippen molar-refractivity contribution in [2.75, 3.05) is 6.54 Å². The number of aromatic amines is 1. The second kappa shape index (κ2) is 9.91. The average molecular weight is 492 g/mol. The van der Waals surface area contributed by atoms with E-state index in [0.717, 1.165) is 27.9 Å². The molecule has 0 amide bonds. The molecule has 1 saturated heterocycles. The van der Waals surface area contributed by atoms with Gasteiger partial charge in [0, 0.05) is 4.47 Å². The molecule has 162 valence electrons. The number of carboxylic acids is 2. The van der Waals surface area contributed by atoms with Gasteiger partial charge in [-0.15, -0.1) is 0 Å². The highest BCUT2D eigenvalue weighted by Gasteiger charge is 2.29. The maximum atomic E-state index is 10.5. The number of imidazole rings is 1. The molecule has 1 aromatic carbocycles. The molecule has 0 bridgehead atoms. The predicted molar refractivity (Wildman–Crippen MR) is 85.9 cm³/mol. The second-order valence-electron chi connectivity index (χ2n) is 5.50. The first-order valence-electron chi connectivity index (χ1n) is 7.66. The highest BCUT2D eigenvalue weighted by molar-refractivity contribution is 9.10. The van der Waals surface area contributed by atoms with Gasteiger partial charge in [0.2, 0.25) is 0 Å². The van der Waals surface area contributed by atoms with E-state index in [4.69, 9.17) is 19.8 Å². The average Bonchev–Trinajstić information content (AvgIpc) is 3.22. The minimum absolute atomic E-state index is 0.413. The number of hydrogen-bond donors (Lipinski definition) is 2. The van der Waals surface area contributed by atoms with Crippen LogP contribution in [0.2, 0.25) is 0 Å². The Morgan fingerprint density at radius 2 is 1.59 bits per heavy atom. The van der Waals surface area contributed by atoms with Crippen molar-refractivity contribution in [3.8, 4) is 0 Å². The van der Waals surface area contributed by atoms with Crippen LogP contribution in [-0.4, -0.2) is 40.8 Å². The first kappa shape index (κ1) is 24.7. The van der Waals surface area contributed by atoms with Gasteiger partial charge in [0.05, 0.1) is 17.1 Å². The molecule has 2 heterocycles. The molecular weight excluding hydrogens is 480 g/mol. The van der Waals surface area contributed by atoms with Crippen LogP contribution in [0.5, 0.6) is 0 Å². The molecule has 7 nitrogen and oxygen atoms in total. The second-order valence-corrected chi connectivity index (χ2v) is 6.42. The summed E-state index contributed by atoms with van der Waals surface area (Å²) in [4.78, 5) is 25.5. The lowest BCUT2D eigenvalue weighted by atomic mass is 10.2. The maximum Gasteiger partial charge on any atom is 0.430 e. The van der Waals surface area contributed by atoms with Crippen LogP contribution >= 0.6 is 15.9 Å². The monoisotopic (exact) mass is 491 g/mol. The summed E-state index contributed by atoms with van der Waals surface area (Å²) in [6, 6.07) is 6.54. The van der Waals surface area contributed by atoms with Crippen LogP contribution in [0.25, 0.3) is 11.0 Å². The largest absolute Gasteiger partial charge is 0.542 e. The predicted octanol–water partition coefficient (Wildman–Crippen LogP) is 1.35. The Balaban J connectivity index is 0.000000255. The van der Waals surface area contributed by atoms with Crippen molar-refractivity contribution in [2.45, 2.75) is 31.2 Å². The van der Waals surface area contributed by atoms with E-state index in [1.165, 1.54) is 12.8 Å². The van der Waals surface area contributed by atoms with Crippen LogP contribution in [0.15, 0.2) is 22.7 Å². The molecule has 1 fully saturated rings. The molecule has 3 rings (SSSR count). The minimum Gasteiger partial charge on any atom is -0.542 e. The van der Waals surface area contributed by atoms with E-state index in [2.05, 4.69) is 37.3 Å². The van der Waals surface area contributed by atoms with Crippen LogP contribution in [0, 0.1) is 0 Å². The number of carboxylic acid groups (broad SMARTS) is 2. The summed E-state index contributed by atoms with van der Waals surface area (Å²) in [5.41, 5.74) is 2.15. The van der Waals surface area contributed by atoms with Gasteiger partial charge in [-0.3, -0.25) is 0 Å². The van der Waals surface area contributed by atoms with E-state index in [0.29, 0.717) is 6.04 Å². The number of H-pyrrole nitrogens is 1. The third-order valence-corrected chi connectivity index (χ3v) is 3.81. The van der Waals surface area contributed by atoms with E-state index < -0.39 is 24.3 Å². The lowest BCUT2D eigenvalue weighted by Crippen LogP contribution is -2.37. The van der Waals surface area contributed by atoms with Crippen molar-refractivity contribution in [3.05, 3.63) is 28.5 Å². The summed E-state index contributed by atoms with van der Waals surface area (Å²) in [5.74, 6) is -4.94. The van der Waals surface area contributed by atoms with Gasteiger partial charge in [-0.25, -0.2) is 4.98 Å². The zero-order valence-electron chi connectivity index (χ0n) is 14.2. The number of aromatic nitrogens is 2. The van der Waals surface area contributed by atoms with Gasteiger partial charge in [0.25, 0.3) is 0 Å². The van der Waals surface area contributed by atoms with Crippen LogP contribution in [0.4, 0.5) is 26.3 Å². The van der Waals surface area contributed by atoms with E-state index in [1.54, 1.807) is 0 Å². The Morgan fingerprint density at radius 1 is 1.07 bits per heavy atom. The summed E-state index contributed by atoms with van der Waals surface area (Å²) >= 11 is 3.46. The van der Waals surface area contributed by atoms with Gasteiger partial charge in [-0.2, -0.15) is 26.3 Å². The fraction of sp³-hybridized carbons (Fsp3) is 0.400. The fourth-order valence-electron chi connectivity index (χ4n) is 2.08. The molecule has 1 aliphatic rings. The van der Waals surface area contributed by atoms with Crippen LogP contribution in [0.3, 0.4) is 0 Å². The fourth-order valence-corrected chi connectivity index (χ4v) is 2.45. The van der Waals surface area contributed by atoms with Gasteiger partial charge in [-0.1, -0.05) is 15.9 Å². The standard InChI is InChI=1S/C11H12BrN3.2C2HF3O2/c12-7-3-4-8-10(6-7)15-11(14-8)9-2-1-5-13-9;2*3-2(4,5)1(6)7/h3-4,6,9,13H,1-2,5H2,(H,14,15);2*(H,6,7)/p-2. The molecule has 0 radical (unpaired) electrons. The topological polar surface area (TPSA) is 121 Å². The van der Waals surface area contributed by atoms with Gasteiger partial charge in [-0.05, 0) is 37.6 Å². The van der Waals surface area contributed by atoms with Crippen molar-refractivity contribution in [1.29, 1.82) is 0 Å². The first-order chi connectivity index (χ1) is 13.2. The quantitative estimate of drug-likeness (QED) is 0.580. The van der Waals surface area contributed by atoms with E-state index in [1.807, 2.05) is 12.1 Å². The highest BCUT2D eigenvalue weighted by atomic mass is 79.9. The van der Waals surface area contributed by atoms with Crippen molar-refractivity contribution >= 4 is 38.9 Å². The number of carbonyl (C=O) groups is 2. The highest BCUT2D eigenvalue weighted by Crippen LogP contribution is 2.24. The molecule has 0 spiro atoms.